The third kappa shape index (κ3) is 7.14. The van der Waals surface area contributed by atoms with Crippen LogP contribution in [0, 0.1) is 0 Å². The predicted octanol–water partition coefficient (Wildman–Crippen LogP) is 12.5. The first-order valence-corrected chi connectivity index (χ1v) is 18.4. The van der Waals surface area contributed by atoms with E-state index in [4.69, 9.17) is 28.7 Å². The molecule has 6 heteroatoms. The Balaban J connectivity index is 1.07. The van der Waals surface area contributed by atoms with Crippen molar-refractivity contribution in [3.05, 3.63) is 206 Å². The van der Waals surface area contributed by atoms with Crippen LogP contribution in [0.15, 0.2) is 206 Å². The van der Waals surface area contributed by atoms with Gasteiger partial charge in [0.25, 0.3) is 0 Å². The van der Waals surface area contributed by atoms with Gasteiger partial charge in [-0.25, -0.2) is 29.9 Å². The van der Waals surface area contributed by atoms with Crippen molar-refractivity contribution in [1.29, 1.82) is 0 Å². The predicted molar refractivity (Wildman–Crippen MR) is 234 cm³/mol. The van der Waals surface area contributed by atoms with E-state index in [1.807, 2.05) is 84.9 Å². The smallest absolute Gasteiger partial charge is 0.164 e. The van der Waals surface area contributed by atoms with Crippen molar-refractivity contribution in [3.8, 4) is 90.6 Å². The molecule has 0 saturated carbocycles. The van der Waals surface area contributed by atoms with Gasteiger partial charge in [-0.15, -0.1) is 0 Å². The SMILES string of the molecule is [2H]c1c([2H])c([2H])c(-c2nc(-c3cccc(-c4cccc(-c5nc(-c6ccccc6)nc(-c6ccc(-c7ccc8ccccc8c7)cc6)n5)c4)c3)nc(-c3c([2H])c([2H])c([2H])c([2H])c3[2H])n2)c([2H])c1[2H]. The lowest BCUT2D eigenvalue weighted by molar-refractivity contribution is 1.07. The Kier molecular flexibility index (Phi) is 6.65. The number of rotatable bonds is 8. The lowest BCUT2D eigenvalue weighted by Crippen LogP contribution is -2.00. The van der Waals surface area contributed by atoms with Gasteiger partial charge in [-0.05, 0) is 51.2 Å². The molecule has 0 bridgehead atoms. The molecule has 0 aliphatic carbocycles. The van der Waals surface area contributed by atoms with E-state index in [9.17, 15) is 0 Å². The Morgan fingerprint density at radius 2 is 0.603 bits per heavy atom. The lowest BCUT2D eigenvalue weighted by atomic mass is 10.00. The molecule has 0 aliphatic rings. The number of hydrogen-bond donors (Lipinski definition) is 0. The van der Waals surface area contributed by atoms with Crippen LogP contribution in [0.2, 0.25) is 0 Å². The van der Waals surface area contributed by atoms with Gasteiger partial charge in [0.1, 0.15) is 0 Å². The standard InChI is InChI=1S/C52H34N6/c1-4-15-37(16-5-1)47-53-48(38-17-6-2-7-18-38)56-51(55-47)45-24-12-22-42(33-45)43-23-13-25-46(34-43)52-57-49(39-19-8-3-9-20-39)54-50(58-52)40-29-26-36(27-30-40)44-31-28-35-14-10-11-21-41(35)32-44/h1-34H/i1D,2D,4D,5D,6D,7D,15D,16D,17D,18D. The Labute approximate surface area is 350 Å². The van der Waals surface area contributed by atoms with Crippen LogP contribution in [0.1, 0.15) is 13.7 Å². The molecule has 8 aromatic carbocycles. The zero-order valence-electron chi connectivity index (χ0n) is 40.5. The molecule has 2 heterocycles. The minimum Gasteiger partial charge on any atom is -0.208 e. The van der Waals surface area contributed by atoms with Crippen molar-refractivity contribution in [2.24, 2.45) is 0 Å². The van der Waals surface area contributed by atoms with Gasteiger partial charge < -0.3 is 0 Å². The molecule has 6 nitrogen and oxygen atoms in total. The molecule has 10 aromatic rings. The van der Waals surface area contributed by atoms with E-state index in [1.54, 1.807) is 18.2 Å². The van der Waals surface area contributed by atoms with Gasteiger partial charge in [-0.2, -0.15) is 0 Å². The highest BCUT2D eigenvalue weighted by Gasteiger charge is 2.16. The zero-order chi connectivity index (χ0) is 47.4. The number of benzene rings is 8. The second-order valence-corrected chi connectivity index (χ2v) is 13.3. The Bertz CT molecular complexity index is 3500. The molecule has 0 aliphatic heterocycles. The molecular formula is C52H34N6. The average Bonchev–Trinajstić information content (AvgIpc) is 3.38. The highest BCUT2D eigenvalue weighted by atomic mass is 15.0. The van der Waals surface area contributed by atoms with Crippen LogP contribution in [0.3, 0.4) is 0 Å². The van der Waals surface area contributed by atoms with Crippen LogP contribution >= 0.6 is 0 Å². The second-order valence-electron chi connectivity index (χ2n) is 13.3. The van der Waals surface area contributed by atoms with Gasteiger partial charge in [-0.3, -0.25) is 0 Å². The molecule has 0 radical (unpaired) electrons. The molecule has 0 spiro atoms. The first-order chi connectivity index (χ1) is 32.8. The van der Waals surface area contributed by atoms with E-state index in [0.29, 0.717) is 34.2 Å². The number of fused-ring (bicyclic) bond motifs is 1. The fraction of sp³-hybridized carbons (Fsp3) is 0. The summed E-state index contributed by atoms with van der Waals surface area (Å²) in [7, 11) is 0. The minimum atomic E-state index is -0.620. The zero-order valence-corrected chi connectivity index (χ0v) is 30.5. The highest BCUT2D eigenvalue weighted by molar-refractivity contribution is 5.87. The van der Waals surface area contributed by atoms with Gasteiger partial charge in [0, 0.05) is 33.4 Å². The molecule has 58 heavy (non-hydrogen) atoms. The summed E-state index contributed by atoms with van der Waals surface area (Å²) in [6.45, 7) is 0. The summed E-state index contributed by atoms with van der Waals surface area (Å²) in [5.74, 6) is 0.702. The van der Waals surface area contributed by atoms with Gasteiger partial charge in [0.15, 0.2) is 34.9 Å². The lowest BCUT2D eigenvalue weighted by Gasteiger charge is -2.11. The van der Waals surface area contributed by atoms with Crippen molar-refractivity contribution in [1.82, 2.24) is 29.9 Å². The van der Waals surface area contributed by atoms with Crippen LogP contribution in [0.4, 0.5) is 0 Å². The summed E-state index contributed by atoms with van der Waals surface area (Å²) in [4.78, 5) is 28.5. The first-order valence-electron chi connectivity index (χ1n) is 23.4. The molecule has 272 valence electrons. The molecule has 0 unspecified atom stereocenters. The Hall–Kier alpha value is -7.96. The van der Waals surface area contributed by atoms with E-state index in [-0.39, 0.29) is 28.6 Å². The topological polar surface area (TPSA) is 77.3 Å². The summed E-state index contributed by atoms with van der Waals surface area (Å²) in [5, 5.41) is 2.33. The van der Waals surface area contributed by atoms with Crippen LogP contribution in [-0.4, -0.2) is 29.9 Å². The molecule has 0 saturated heterocycles. The van der Waals surface area contributed by atoms with E-state index in [2.05, 4.69) is 57.4 Å². The molecule has 2 aromatic heterocycles. The van der Waals surface area contributed by atoms with E-state index < -0.39 is 60.4 Å². The fourth-order valence-electron chi connectivity index (χ4n) is 6.66. The van der Waals surface area contributed by atoms with Crippen LogP contribution in [0.5, 0.6) is 0 Å². The van der Waals surface area contributed by atoms with E-state index in [0.717, 1.165) is 33.2 Å². The third-order valence-corrected chi connectivity index (χ3v) is 9.55. The third-order valence-electron chi connectivity index (χ3n) is 9.55. The molecule has 0 fully saturated rings. The maximum absolute atomic E-state index is 8.68. The summed E-state index contributed by atoms with van der Waals surface area (Å²) in [6.07, 6.45) is 0. The molecule has 0 atom stereocenters. The highest BCUT2D eigenvalue weighted by Crippen LogP contribution is 2.32. The van der Waals surface area contributed by atoms with Gasteiger partial charge in [0.05, 0.1) is 13.7 Å². The maximum Gasteiger partial charge on any atom is 0.164 e. The summed E-state index contributed by atoms with van der Waals surface area (Å²) < 4.78 is 84.3. The summed E-state index contributed by atoms with van der Waals surface area (Å²) in [5.41, 5.74) is 5.66. The van der Waals surface area contributed by atoms with Crippen molar-refractivity contribution in [3.63, 3.8) is 0 Å². The van der Waals surface area contributed by atoms with Gasteiger partial charge >= 0.3 is 0 Å². The Morgan fingerprint density at radius 1 is 0.241 bits per heavy atom. The fourth-order valence-corrected chi connectivity index (χ4v) is 6.66. The van der Waals surface area contributed by atoms with Crippen molar-refractivity contribution < 1.29 is 13.7 Å². The average molecular weight is 753 g/mol. The molecular weight excluding hydrogens is 709 g/mol. The maximum atomic E-state index is 8.68. The number of nitrogens with zero attached hydrogens (tertiary/aromatic N) is 6. The number of hydrogen-bond acceptors (Lipinski definition) is 6. The monoisotopic (exact) mass is 752 g/mol. The van der Waals surface area contributed by atoms with Crippen molar-refractivity contribution in [2.45, 2.75) is 0 Å². The van der Waals surface area contributed by atoms with Crippen LogP contribution in [-0.2, 0) is 0 Å². The summed E-state index contributed by atoms with van der Waals surface area (Å²) in [6, 6.07) is 41.2. The minimum absolute atomic E-state index is 0.0390. The first kappa shape index (κ1) is 25.2. The van der Waals surface area contributed by atoms with Crippen molar-refractivity contribution >= 4 is 10.8 Å². The molecule has 0 N–H and O–H groups in total. The van der Waals surface area contributed by atoms with Gasteiger partial charge in [0.2, 0.25) is 0 Å². The quantitative estimate of drug-likeness (QED) is 0.154. The van der Waals surface area contributed by atoms with Crippen LogP contribution < -0.4 is 0 Å². The van der Waals surface area contributed by atoms with Gasteiger partial charge in [-0.1, -0.05) is 188 Å². The normalized spacial score (nSPS) is 13.5. The second kappa shape index (κ2) is 15.3. The molecule has 10 rings (SSSR count). The largest absolute Gasteiger partial charge is 0.208 e. The summed E-state index contributed by atoms with van der Waals surface area (Å²) >= 11 is 0. The Morgan fingerprint density at radius 3 is 1.14 bits per heavy atom. The number of aromatic nitrogens is 6. The molecule has 0 amide bonds. The van der Waals surface area contributed by atoms with E-state index in [1.165, 1.54) is 5.39 Å². The van der Waals surface area contributed by atoms with E-state index >= 15 is 0 Å². The van der Waals surface area contributed by atoms with Crippen molar-refractivity contribution in [2.75, 3.05) is 0 Å². The van der Waals surface area contributed by atoms with Crippen LogP contribution in [0.25, 0.3) is 101 Å².